The molecule has 0 spiro atoms. The lowest BCUT2D eigenvalue weighted by molar-refractivity contribution is 0.332. The third kappa shape index (κ3) is 3.55. The monoisotopic (exact) mass is 302 g/mol. The van der Waals surface area contributed by atoms with Crippen molar-refractivity contribution in [3.63, 3.8) is 0 Å². The number of hydrogen-bond donors (Lipinski definition) is 0. The van der Waals surface area contributed by atoms with Crippen molar-refractivity contribution in [3.8, 4) is 11.5 Å². The molecule has 0 amide bonds. The van der Waals surface area contributed by atoms with Crippen LogP contribution in [0.2, 0.25) is 5.02 Å². The van der Waals surface area contributed by atoms with Crippen molar-refractivity contribution < 1.29 is 4.42 Å². The first kappa shape index (κ1) is 14.4. The van der Waals surface area contributed by atoms with Gasteiger partial charge in [-0.2, -0.15) is 0 Å². The predicted octanol–water partition coefficient (Wildman–Crippen LogP) is 4.54. The first-order valence-electron chi connectivity index (χ1n) is 7.35. The Bertz CT molecular complexity index is 648. The molecule has 0 saturated carbocycles. The molecule has 0 N–H and O–H groups in total. The zero-order valence-corrected chi connectivity index (χ0v) is 12.9. The Kier molecular flexibility index (Phi) is 4.42. The highest BCUT2D eigenvalue weighted by Gasteiger charge is 2.18. The molecule has 1 aliphatic heterocycles. The molecule has 0 aliphatic carbocycles. The Labute approximate surface area is 130 Å². The molecule has 1 aliphatic rings. The molecule has 0 unspecified atom stereocenters. The van der Waals surface area contributed by atoms with Crippen LogP contribution in [-0.2, 0) is 6.54 Å². The van der Waals surface area contributed by atoms with Crippen LogP contribution in [0, 0.1) is 0 Å². The Morgan fingerprint density at radius 3 is 3.14 bits per heavy atom. The Morgan fingerprint density at radius 2 is 2.33 bits per heavy atom. The lowest BCUT2D eigenvalue weighted by atomic mass is 10.2. The van der Waals surface area contributed by atoms with Crippen LogP contribution < -0.4 is 0 Å². The summed E-state index contributed by atoms with van der Waals surface area (Å²) < 4.78 is 5.58. The minimum absolute atomic E-state index is 0.635. The summed E-state index contributed by atoms with van der Waals surface area (Å²) >= 11 is 6.00. The van der Waals surface area contributed by atoms with E-state index < -0.39 is 0 Å². The van der Waals surface area contributed by atoms with Crippen LogP contribution in [0.25, 0.3) is 11.5 Å². The van der Waals surface area contributed by atoms with Gasteiger partial charge in [-0.05, 0) is 31.0 Å². The number of oxazole rings is 1. The lowest BCUT2D eigenvalue weighted by Gasteiger charge is -2.11. The average Bonchev–Trinajstić information content (AvgIpc) is 3.10. The van der Waals surface area contributed by atoms with E-state index in [1.54, 1.807) is 6.26 Å². The zero-order valence-electron chi connectivity index (χ0n) is 12.2. The van der Waals surface area contributed by atoms with E-state index in [0.717, 1.165) is 37.3 Å². The zero-order chi connectivity index (χ0) is 14.7. The SMILES string of the molecule is CC/C=C1/CCN(Cc2coc(-c3cccc(Cl)c3)n2)C1. The van der Waals surface area contributed by atoms with E-state index in [1.165, 1.54) is 12.0 Å². The van der Waals surface area contributed by atoms with Crippen molar-refractivity contribution in [3.05, 3.63) is 52.9 Å². The van der Waals surface area contributed by atoms with Crippen LogP contribution in [0.3, 0.4) is 0 Å². The van der Waals surface area contributed by atoms with Gasteiger partial charge >= 0.3 is 0 Å². The van der Waals surface area contributed by atoms with Gasteiger partial charge in [0.15, 0.2) is 0 Å². The molecule has 3 rings (SSSR count). The van der Waals surface area contributed by atoms with E-state index in [-0.39, 0.29) is 0 Å². The van der Waals surface area contributed by atoms with E-state index in [9.17, 15) is 0 Å². The molecule has 21 heavy (non-hydrogen) atoms. The number of likely N-dealkylation sites (tertiary alicyclic amines) is 1. The van der Waals surface area contributed by atoms with Gasteiger partial charge in [0.05, 0.1) is 5.69 Å². The molecule has 2 heterocycles. The first-order valence-corrected chi connectivity index (χ1v) is 7.73. The molecule has 0 atom stereocenters. The van der Waals surface area contributed by atoms with Crippen LogP contribution in [0.5, 0.6) is 0 Å². The fourth-order valence-corrected chi connectivity index (χ4v) is 2.89. The second-order valence-corrected chi connectivity index (χ2v) is 5.82. The molecule has 2 aromatic rings. The minimum atomic E-state index is 0.635. The topological polar surface area (TPSA) is 29.3 Å². The molecular weight excluding hydrogens is 284 g/mol. The van der Waals surface area contributed by atoms with Gasteiger partial charge in [-0.1, -0.05) is 36.2 Å². The first-order chi connectivity index (χ1) is 10.2. The standard InChI is InChI=1S/C17H19ClN2O/c1-2-4-13-7-8-20(10-13)11-16-12-21-17(19-16)14-5-3-6-15(18)9-14/h3-6,9,12H,2,7-8,10-11H2,1H3/b13-4-. The Hall–Kier alpha value is -1.58. The van der Waals surface area contributed by atoms with E-state index in [1.807, 2.05) is 24.3 Å². The smallest absolute Gasteiger partial charge is 0.226 e. The summed E-state index contributed by atoms with van der Waals surface area (Å²) in [5.74, 6) is 0.635. The number of halogens is 1. The highest BCUT2D eigenvalue weighted by atomic mass is 35.5. The third-order valence-corrected chi connectivity index (χ3v) is 3.91. The van der Waals surface area contributed by atoms with Gasteiger partial charge in [0.2, 0.25) is 5.89 Å². The maximum atomic E-state index is 6.00. The van der Waals surface area contributed by atoms with E-state index in [4.69, 9.17) is 16.0 Å². The summed E-state index contributed by atoms with van der Waals surface area (Å²) in [6.45, 7) is 5.17. The Balaban J connectivity index is 1.67. The molecule has 3 nitrogen and oxygen atoms in total. The molecule has 4 heteroatoms. The molecule has 1 aromatic carbocycles. The van der Waals surface area contributed by atoms with Crippen molar-refractivity contribution in [1.82, 2.24) is 9.88 Å². The molecule has 1 aromatic heterocycles. The van der Waals surface area contributed by atoms with Crippen LogP contribution in [0.15, 0.2) is 46.6 Å². The summed E-state index contributed by atoms with van der Waals surface area (Å²) in [7, 11) is 0. The van der Waals surface area contributed by atoms with Gasteiger partial charge in [0.25, 0.3) is 0 Å². The number of rotatable bonds is 4. The number of nitrogens with zero attached hydrogens (tertiary/aromatic N) is 2. The van der Waals surface area contributed by atoms with Crippen molar-refractivity contribution in [1.29, 1.82) is 0 Å². The minimum Gasteiger partial charge on any atom is -0.444 e. The highest BCUT2D eigenvalue weighted by Crippen LogP contribution is 2.23. The fourth-order valence-electron chi connectivity index (χ4n) is 2.70. The fraction of sp³-hybridized carbons (Fsp3) is 0.353. The molecule has 0 radical (unpaired) electrons. The second-order valence-electron chi connectivity index (χ2n) is 5.39. The third-order valence-electron chi connectivity index (χ3n) is 3.68. The van der Waals surface area contributed by atoms with E-state index in [2.05, 4.69) is 22.9 Å². The van der Waals surface area contributed by atoms with Crippen LogP contribution in [0.1, 0.15) is 25.5 Å². The Morgan fingerprint density at radius 1 is 1.43 bits per heavy atom. The summed E-state index contributed by atoms with van der Waals surface area (Å²) in [4.78, 5) is 6.97. The number of benzene rings is 1. The van der Waals surface area contributed by atoms with Gasteiger partial charge in [-0.25, -0.2) is 4.98 Å². The molecular formula is C17H19ClN2O. The van der Waals surface area contributed by atoms with Gasteiger partial charge in [0.1, 0.15) is 6.26 Å². The maximum absolute atomic E-state index is 6.00. The normalized spacial score (nSPS) is 17.7. The van der Waals surface area contributed by atoms with Crippen molar-refractivity contribution in [2.24, 2.45) is 0 Å². The predicted molar refractivity (Wildman–Crippen MR) is 85.2 cm³/mol. The number of allylic oxidation sites excluding steroid dienone is 1. The van der Waals surface area contributed by atoms with Crippen LogP contribution in [-0.4, -0.2) is 23.0 Å². The summed E-state index contributed by atoms with van der Waals surface area (Å²) in [5, 5.41) is 0.695. The van der Waals surface area contributed by atoms with Gasteiger partial charge in [-0.3, -0.25) is 4.90 Å². The van der Waals surface area contributed by atoms with Gasteiger partial charge in [0, 0.05) is 30.2 Å². The summed E-state index contributed by atoms with van der Waals surface area (Å²) in [5.41, 5.74) is 3.43. The molecule has 0 bridgehead atoms. The number of hydrogen-bond acceptors (Lipinski definition) is 3. The van der Waals surface area contributed by atoms with E-state index in [0.29, 0.717) is 10.9 Å². The van der Waals surface area contributed by atoms with Crippen molar-refractivity contribution in [2.45, 2.75) is 26.3 Å². The molecule has 110 valence electrons. The van der Waals surface area contributed by atoms with Gasteiger partial charge in [-0.15, -0.1) is 0 Å². The lowest BCUT2D eigenvalue weighted by Crippen LogP contribution is -2.18. The molecule has 1 fully saturated rings. The quantitative estimate of drug-likeness (QED) is 0.777. The second kappa shape index (κ2) is 6.46. The van der Waals surface area contributed by atoms with Gasteiger partial charge < -0.3 is 4.42 Å². The summed E-state index contributed by atoms with van der Waals surface area (Å²) in [6, 6.07) is 7.58. The van der Waals surface area contributed by atoms with E-state index >= 15 is 0 Å². The van der Waals surface area contributed by atoms with Crippen LogP contribution >= 0.6 is 11.6 Å². The number of aromatic nitrogens is 1. The average molecular weight is 303 g/mol. The summed E-state index contributed by atoms with van der Waals surface area (Å²) in [6.07, 6.45) is 6.37. The molecule has 1 saturated heterocycles. The highest BCUT2D eigenvalue weighted by molar-refractivity contribution is 6.30. The van der Waals surface area contributed by atoms with Crippen molar-refractivity contribution in [2.75, 3.05) is 13.1 Å². The largest absolute Gasteiger partial charge is 0.444 e. The van der Waals surface area contributed by atoms with Crippen LogP contribution in [0.4, 0.5) is 0 Å². The maximum Gasteiger partial charge on any atom is 0.226 e. The van der Waals surface area contributed by atoms with Crippen molar-refractivity contribution >= 4 is 11.6 Å².